The largest absolute Gasteiger partial charge is 0.326 e. The molecule has 1 aliphatic rings. The molecule has 1 fully saturated rings. The fourth-order valence-corrected chi connectivity index (χ4v) is 4.20. The zero-order valence-electron chi connectivity index (χ0n) is 15.2. The standard InChI is InChI=1S/C21H24N2O2S/c1-3-5-19(24)22-17-10-8-16(9-11-17)21-23(20(25)14-26-21)18-12-6-15(4-2)7-13-18/h6-13,21H,3-5,14H2,1-2H3,(H,22,24)/t21-/m1/s1. The van der Waals surface area contributed by atoms with Crippen LogP contribution in [0.15, 0.2) is 48.5 Å². The Morgan fingerprint density at radius 3 is 2.42 bits per heavy atom. The molecule has 3 rings (SSSR count). The summed E-state index contributed by atoms with van der Waals surface area (Å²) in [6.45, 7) is 4.11. The molecule has 0 bridgehead atoms. The van der Waals surface area contributed by atoms with Crippen LogP contribution >= 0.6 is 11.8 Å². The number of aryl methyl sites for hydroxylation is 1. The van der Waals surface area contributed by atoms with Crippen LogP contribution in [0.3, 0.4) is 0 Å². The van der Waals surface area contributed by atoms with E-state index >= 15 is 0 Å². The molecule has 5 heteroatoms. The molecule has 26 heavy (non-hydrogen) atoms. The smallest absolute Gasteiger partial charge is 0.238 e. The number of rotatable bonds is 6. The summed E-state index contributed by atoms with van der Waals surface area (Å²) < 4.78 is 0. The lowest BCUT2D eigenvalue weighted by Crippen LogP contribution is -2.27. The van der Waals surface area contributed by atoms with Crippen LogP contribution in [0.5, 0.6) is 0 Å². The van der Waals surface area contributed by atoms with E-state index in [0.717, 1.165) is 29.8 Å². The second-order valence-corrected chi connectivity index (χ2v) is 7.44. The Balaban J connectivity index is 1.78. The molecule has 136 valence electrons. The molecule has 1 N–H and O–H groups in total. The highest BCUT2D eigenvalue weighted by molar-refractivity contribution is 8.00. The van der Waals surface area contributed by atoms with E-state index in [-0.39, 0.29) is 17.2 Å². The topological polar surface area (TPSA) is 49.4 Å². The average Bonchev–Trinajstić information content (AvgIpc) is 3.04. The van der Waals surface area contributed by atoms with Gasteiger partial charge in [-0.05, 0) is 48.2 Å². The Morgan fingerprint density at radius 2 is 1.81 bits per heavy atom. The first-order valence-corrected chi connectivity index (χ1v) is 10.1. The third kappa shape index (κ3) is 4.10. The molecule has 0 aliphatic carbocycles. The summed E-state index contributed by atoms with van der Waals surface area (Å²) in [5, 5.41) is 2.87. The summed E-state index contributed by atoms with van der Waals surface area (Å²) in [6.07, 6.45) is 2.34. The minimum atomic E-state index is -0.0321. The van der Waals surface area contributed by atoms with Crippen LogP contribution in [0.1, 0.15) is 43.2 Å². The van der Waals surface area contributed by atoms with E-state index in [2.05, 4.69) is 24.4 Å². The highest BCUT2D eigenvalue weighted by Gasteiger charge is 2.33. The molecule has 1 aliphatic heterocycles. The Kier molecular flexibility index (Phi) is 5.99. The van der Waals surface area contributed by atoms with Gasteiger partial charge in [0.1, 0.15) is 5.37 Å². The lowest BCUT2D eigenvalue weighted by atomic mass is 10.1. The van der Waals surface area contributed by atoms with Crippen molar-refractivity contribution in [3.05, 3.63) is 59.7 Å². The van der Waals surface area contributed by atoms with E-state index in [0.29, 0.717) is 12.2 Å². The van der Waals surface area contributed by atoms with Crippen LogP contribution in [-0.2, 0) is 16.0 Å². The normalized spacial score (nSPS) is 16.8. The number of carbonyl (C=O) groups excluding carboxylic acids is 2. The van der Waals surface area contributed by atoms with Gasteiger partial charge >= 0.3 is 0 Å². The molecule has 0 radical (unpaired) electrons. The van der Waals surface area contributed by atoms with Gasteiger partial charge < -0.3 is 5.32 Å². The van der Waals surface area contributed by atoms with E-state index in [1.807, 2.05) is 48.2 Å². The zero-order valence-corrected chi connectivity index (χ0v) is 16.0. The van der Waals surface area contributed by atoms with Crippen molar-refractivity contribution in [3.8, 4) is 0 Å². The molecular weight excluding hydrogens is 344 g/mol. The quantitative estimate of drug-likeness (QED) is 0.799. The van der Waals surface area contributed by atoms with Crippen molar-refractivity contribution in [3.63, 3.8) is 0 Å². The van der Waals surface area contributed by atoms with Gasteiger partial charge in [0.15, 0.2) is 0 Å². The lowest BCUT2D eigenvalue weighted by molar-refractivity contribution is -0.116. The summed E-state index contributed by atoms with van der Waals surface area (Å²) in [5.41, 5.74) is 4.05. The molecule has 1 heterocycles. The molecule has 1 saturated heterocycles. The zero-order chi connectivity index (χ0) is 18.5. The van der Waals surface area contributed by atoms with Gasteiger partial charge in [-0.1, -0.05) is 38.1 Å². The maximum atomic E-state index is 12.4. The summed E-state index contributed by atoms with van der Waals surface area (Å²) in [4.78, 5) is 26.0. The second-order valence-electron chi connectivity index (χ2n) is 6.37. The van der Waals surface area contributed by atoms with Crippen LogP contribution in [0, 0.1) is 0 Å². The summed E-state index contributed by atoms with van der Waals surface area (Å²) in [7, 11) is 0. The molecule has 2 amide bonds. The minimum Gasteiger partial charge on any atom is -0.326 e. The minimum absolute atomic E-state index is 0.0308. The molecule has 1 atom stereocenters. The van der Waals surface area contributed by atoms with Crippen LogP contribution in [0.4, 0.5) is 11.4 Å². The van der Waals surface area contributed by atoms with Crippen LogP contribution in [0.2, 0.25) is 0 Å². The van der Waals surface area contributed by atoms with E-state index in [1.54, 1.807) is 11.8 Å². The van der Waals surface area contributed by atoms with Crippen molar-refractivity contribution >= 4 is 35.0 Å². The molecule has 2 aromatic rings. The lowest BCUT2D eigenvalue weighted by Gasteiger charge is -2.24. The molecular formula is C21H24N2O2S. The van der Waals surface area contributed by atoms with E-state index in [4.69, 9.17) is 0 Å². The van der Waals surface area contributed by atoms with Gasteiger partial charge in [-0.15, -0.1) is 11.8 Å². The summed E-state index contributed by atoms with van der Waals surface area (Å²) >= 11 is 1.63. The van der Waals surface area contributed by atoms with Crippen molar-refractivity contribution in [2.75, 3.05) is 16.0 Å². The summed E-state index contributed by atoms with van der Waals surface area (Å²) in [6, 6.07) is 16.0. The average molecular weight is 369 g/mol. The first-order valence-electron chi connectivity index (χ1n) is 9.04. The van der Waals surface area contributed by atoms with Gasteiger partial charge in [-0.3, -0.25) is 14.5 Å². The Labute approximate surface area is 159 Å². The number of nitrogens with one attached hydrogen (secondary N) is 1. The number of carbonyl (C=O) groups is 2. The van der Waals surface area contributed by atoms with Gasteiger partial charge in [0, 0.05) is 17.8 Å². The van der Waals surface area contributed by atoms with Crippen LogP contribution in [-0.4, -0.2) is 17.6 Å². The molecule has 0 spiro atoms. The summed E-state index contributed by atoms with van der Waals surface area (Å²) in [5.74, 6) is 0.641. The van der Waals surface area contributed by atoms with Crippen molar-refractivity contribution < 1.29 is 9.59 Å². The third-order valence-electron chi connectivity index (χ3n) is 4.45. The first kappa shape index (κ1) is 18.5. The Morgan fingerprint density at radius 1 is 1.12 bits per heavy atom. The van der Waals surface area contributed by atoms with E-state index in [1.165, 1.54) is 5.56 Å². The van der Waals surface area contributed by atoms with Crippen molar-refractivity contribution in [1.82, 2.24) is 0 Å². The Hall–Kier alpha value is -2.27. The molecule has 4 nitrogen and oxygen atoms in total. The monoisotopic (exact) mass is 368 g/mol. The highest BCUT2D eigenvalue weighted by Crippen LogP contribution is 2.41. The van der Waals surface area contributed by atoms with Crippen molar-refractivity contribution in [2.45, 2.75) is 38.5 Å². The molecule has 0 aromatic heterocycles. The fourth-order valence-electron chi connectivity index (χ4n) is 3.02. The Bertz CT molecular complexity index is 772. The predicted octanol–water partition coefficient (Wildman–Crippen LogP) is 4.77. The van der Waals surface area contributed by atoms with Gasteiger partial charge in [0.25, 0.3) is 0 Å². The van der Waals surface area contributed by atoms with E-state index < -0.39 is 0 Å². The van der Waals surface area contributed by atoms with Gasteiger partial charge in [-0.2, -0.15) is 0 Å². The van der Waals surface area contributed by atoms with Gasteiger partial charge in [0.05, 0.1) is 5.75 Å². The number of benzene rings is 2. The predicted molar refractivity (Wildman–Crippen MR) is 108 cm³/mol. The molecule has 2 aromatic carbocycles. The van der Waals surface area contributed by atoms with Crippen LogP contribution in [0.25, 0.3) is 0 Å². The van der Waals surface area contributed by atoms with Gasteiger partial charge in [0.2, 0.25) is 11.8 Å². The number of amides is 2. The highest BCUT2D eigenvalue weighted by atomic mass is 32.2. The third-order valence-corrected chi connectivity index (χ3v) is 5.66. The molecule has 0 saturated carbocycles. The maximum Gasteiger partial charge on any atom is 0.238 e. The molecule has 0 unspecified atom stereocenters. The number of hydrogen-bond donors (Lipinski definition) is 1. The number of nitrogens with zero attached hydrogens (tertiary/aromatic N) is 1. The maximum absolute atomic E-state index is 12.4. The van der Waals surface area contributed by atoms with Gasteiger partial charge in [-0.25, -0.2) is 0 Å². The van der Waals surface area contributed by atoms with Crippen LogP contribution < -0.4 is 10.2 Å². The fraction of sp³-hybridized carbons (Fsp3) is 0.333. The number of thioether (sulfide) groups is 1. The number of hydrogen-bond acceptors (Lipinski definition) is 3. The van der Waals surface area contributed by atoms with Crippen molar-refractivity contribution in [2.24, 2.45) is 0 Å². The number of anilines is 2. The van der Waals surface area contributed by atoms with Crippen molar-refractivity contribution in [1.29, 1.82) is 0 Å². The first-order chi connectivity index (χ1) is 12.6. The SMILES string of the molecule is CCCC(=O)Nc1ccc([C@H]2SCC(=O)N2c2ccc(CC)cc2)cc1. The second kappa shape index (κ2) is 8.41. The van der Waals surface area contributed by atoms with E-state index in [9.17, 15) is 9.59 Å².